The molecule has 0 bridgehead atoms. The number of anilines is 3. The third-order valence-electron chi connectivity index (χ3n) is 14.1. The molecular formula is C54H55N9O7S. The second-order valence-corrected chi connectivity index (χ2v) is 20.0. The van der Waals surface area contributed by atoms with Gasteiger partial charge in [0.1, 0.15) is 11.6 Å². The van der Waals surface area contributed by atoms with Gasteiger partial charge in [-0.1, -0.05) is 54.7 Å². The first kappa shape index (κ1) is 47.2. The van der Waals surface area contributed by atoms with Crippen molar-refractivity contribution in [2.24, 2.45) is 18.9 Å². The average Bonchev–Trinajstić information content (AvgIpc) is 3.92. The molecule has 0 spiro atoms. The van der Waals surface area contributed by atoms with Crippen LogP contribution in [0.4, 0.5) is 16.6 Å². The lowest BCUT2D eigenvalue weighted by molar-refractivity contribution is -0.134. The highest BCUT2D eigenvalue weighted by Gasteiger charge is 2.32. The van der Waals surface area contributed by atoms with Crippen LogP contribution in [0, 0.1) is 18.8 Å². The van der Waals surface area contributed by atoms with Gasteiger partial charge in [0.2, 0.25) is 17.7 Å². The number of imide groups is 1. The number of benzene rings is 4. The summed E-state index contributed by atoms with van der Waals surface area (Å²) in [6.07, 6.45) is 4.29. The van der Waals surface area contributed by atoms with Crippen LogP contribution < -0.4 is 25.6 Å². The molecule has 2 atom stereocenters. The minimum atomic E-state index is -1.13. The first-order chi connectivity index (χ1) is 34.3. The Morgan fingerprint density at radius 3 is 2.52 bits per heavy atom. The van der Waals surface area contributed by atoms with Crippen LogP contribution in [0.25, 0.3) is 32.2 Å². The minimum Gasteiger partial charge on any atom is -0.493 e. The molecule has 71 heavy (non-hydrogen) atoms. The second kappa shape index (κ2) is 20.1. The summed E-state index contributed by atoms with van der Waals surface area (Å²) in [4.78, 5) is 77.4. The number of aromatic nitrogens is 4. The number of likely N-dealkylation sites (tertiary alicyclic amines) is 1. The zero-order valence-corrected chi connectivity index (χ0v) is 40.7. The number of thiazole rings is 1. The maximum atomic E-state index is 13.6. The molecule has 0 aliphatic carbocycles. The van der Waals surface area contributed by atoms with Gasteiger partial charge in [0.15, 0.2) is 10.8 Å². The van der Waals surface area contributed by atoms with Crippen LogP contribution >= 0.6 is 11.3 Å². The number of ether oxygens (including phenoxy) is 1. The van der Waals surface area contributed by atoms with Gasteiger partial charge in [-0.25, -0.2) is 14.8 Å². The molecule has 0 radical (unpaired) electrons. The SMILES string of the molecule is Cc1c(OCC(C)CC2CCN(CC(=O)Nc3ccc4c(C5CCC(=O)NC5=O)nn(C)c4c3)CC2)cccc1-c1ccc(N2CCc3cccc(C(=O)Nc4nc5ccccc5s4)c3C2)nc1C(=O)O. The number of para-hydroxylation sites is 1. The molecule has 364 valence electrons. The van der Waals surface area contributed by atoms with E-state index in [0.29, 0.717) is 77.7 Å². The van der Waals surface area contributed by atoms with Crippen LogP contribution in [0.3, 0.4) is 0 Å². The molecular weight excluding hydrogens is 919 g/mol. The van der Waals surface area contributed by atoms with Crippen molar-refractivity contribution in [1.82, 2.24) is 30.0 Å². The number of carboxylic acid groups (broad SMARTS) is 1. The van der Waals surface area contributed by atoms with Gasteiger partial charge >= 0.3 is 5.97 Å². The van der Waals surface area contributed by atoms with Crippen LogP contribution in [0.2, 0.25) is 0 Å². The lowest BCUT2D eigenvalue weighted by Crippen LogP contribution is -2.39. The van der Waals surface area contributed by atoms with Crippen molar-refractivity contribution < 1.29 is 33.8 Å². The number of hydrogen-bond acceptors (Lipinski definition) is 12. The van der Waals surface area contributed by atoms with Gasteiger partial charge in [-0.05, 0) is 141 Å². The van der Waals surface area contributed by atoms with Crippen molar-refractivity contribution in [3.05, 3.63) is 125 Å². The number of piperidine rings is 2. The van der Waals surface area contributed by atoms with Crippen molar-refractivity contribution in [3.8, 4) is 16.9 Å². The van der Waals surface area contributed by atoms with Gasteiger partial charge in [0.25, 0.3) is 5.91 Å². The van der Waals surface area contributed by atoms with Crippen LogP contribution in [-0.2, 0) is 34.4 Å². The number of hydrogen-bond donors (Lipinski definition) is 4. The van der Waals surface area contributed by atoms with Crippen molar-refractivity contribution in [2.75, 3.05) is 48.3 Å². The normalized spacial score (nSPS) is 16.9. The van der Waals surface area contributed by atoms with Crippen molar-refractivity contribution in [3.63, 3.8) is 0 Å². The third-order valence-corrected chi connectivity index (χ3v) is 15.0. The smallest absolute Gasteiger partial charge is 0.355 e. The largest absolute Gasteiger partial charge is 0.493 e. The molecule has 10 rings (SSSR count). The number of fused-ring (bicyclic) bond motifs is 3. The van der Waals surface area contributed by atoms with E-state index in [-0.39, 0.29) is 48.2 Å². The van der Waals surface area contributed by atoms with Gasteiger partial charge < -0.3 is 20.1 Å². The maximum Gasteiger partial charge on any atom is 0.355 e. The number of nitrogens with one attached hydrogen (secondary N) is 3. The molecule has 4 N–H and O–H groups in total. The van der Waals surface area contributed by atoms with Crippen LogP contribution in [0.5, 0.6) is 5.75 Å². The molecule has 4 aromatic carbocycles. The maximum absolute atomic E-state index is 13.6. The topological polar surface area (TPSA) is 201 Å². The third kappa shape index (κ3) is 10.1. The van der Waals surface area contributed by atoms with Crippen LogP contribution in [-0.4, -0.2) is 92.1 Å². The molecule has 16 nitrogen and oxygen atoms in total. The summed E-state index contributed by atoms with van der Waals surface area (Å²) in [5.41, 5.74) is 7.42. The number of rotatable bonds is 14. The standard InChI is InChI=1S/C54H55N9O7S/c1-31(26-33-20-23-62(24-21-33)29-48(65)55-35-14-15-39-43(27-35)61(3)60-49(39)40-17-19-47(64)58-52(40)67)30-70-44-12-7-9-36(32(44)2)37-16-18-46(57-50(37)53(68)69)63-25-22-34-8-6-10-38(41(34)28-63)51(66)59-54-56-42-11-4-5-13-45(42)71-54/h4-16,18,27,31,33,40H,17,19-26,28-30H2,1-3H3,(H,55,65)(H,68,69)(H,56,59,66)(H,58,64,67). The van der Waals surface area contributed by atoms with E-state index in [1.807, 2.05) is 103 Å². The van der Waals surface area contributed by atoms with Crippen molar-refractivity contribution in [2.45, 2.75) is 64.8 Å². The summed E-state index contributed by atoms with van der Waals surface area (Å²) < 4.78 is 9.13. The summed E-state index contributed by atoms with van der Waals surface area (Å²) in [5.74, 6) is -0.586. The number of carboxylic acids is 1. The summed E-state index contributed by atoms with van der Waals surface area (Å²) >= 11 is 1.43. The van der Waals surface area contributed by atoms with E-state index in [9.17, 15) is 29.1 Å². The number of aromatic carboxylic acids is 1. The van der Waals surface area contributed by atoms with Crippen LogP contribution in [0.15, 0.2) is 91.0 Å². The van der Waals surface area contributed by atoms with Gasteiger partial charge in [-0.15, -0.1) is 0 Å². The summed E-state index contributed by atoms with van der Waals surface area (Å²) in [5, 5.41) is 24.9. The Morgan fingerprint density at radius 1 is 0.901 bits per heavy atom. The predicted molar refractivity (Wildman–Crippen MR) is 273 cm³/mol. The first-order valence-electron chi connectivity index (χ1n) is 24.2. The molecule has 3 aliphatic heterocycles. The number of nitrogens with zero attached hydrogens (tertiary/aromatic N) is 6. The Morgan fingerprint density at radius 2 is 1.72 bits per heavy atom. The lowest BCUT2D eigenvalue weighted by Gasteiger charge is -2.32. The van der Waals surface area contributed by atoms with E-state index in [0.717, 1.165) is 75.7 Å². The molecule has 6 heterocycles. The molecule has 4 amide bonds. The van der Waals surface area contributed by atoms with Gasteiger partial charge in [-0.2, -0.15) is 5.10 Å². The number of carbonyl (C=O) groups excluding carboxylic acids is 4. The Bertz CT molecular complexity index is 3200. The molecule has 2 unspecified atom stereocenters. The Balaban J connectivity index is 0.721. The second-order valence-electron chi connectivity index (χ2n) is 19.0. The van der Waals surface area contributed by atoms with E-state index in [2.05, 4.69) is 37.9 Å². The Labute approximate surface area is 414 Å². The fourth-order valence-corrected chi connectivity index (χ4v) is 11.2. The molecule has 2 fully saturated rings. The highest BCUT2D eigenvalue weighted by atomic mass is 32.1. The summed E-state index contributed by atoms with van der Waals surface area (Å²) in [6, 6.07) is 28.4. The number of amides is 4. The zero-order valence-electron chi connectivity index (χ0n) is 39.9. The van der Waals surface area contributed by atoms with Crippen molar-refractivity contribution in [1.29, 1.82) is 0 Å². The average molecular weight is 974 g/mol. The summed E-state index contributed by atoms with van der Waals surface area (Å²) in [6.45, 7) is 7.56. The first-order valence-corrected chi connectivity index (χ1v) is 25.0. The molecule has 2 saturated heterocycles. The Hall–Kier alpha value is -7.50. The van der Waals surface area contributed by atoms with E-state index < -0.39 is 11.9 Å². The minimum absolute atomic E-state index is 0.0547. The van der Waals surface area contributed by atoms with E-state index >= 15 is 0 Å². The monoisotopic (exact) mass is 973 g/mol. The lowest BCUT2D eigenvalue weighted by atomic mass is 9.88. The predicted octanol–water partition coefficient (Wildman–Crippen LogP) is 8.34. The number of aryl methyl sites for hydroxylation is 1. The van der Waals surface area contributed by atoms with Crippen LogP contribution in [0.1, 0.15) is 88.2 Å². The van der Waals surface area contributed by atoms with E-state index in [1.54, 1.807) is 11.7 Å². The molecule has 3 aliphatic rings. The summed E-state index contributed by atoms with van der Waals surface area (Å²) in [7, 11) is 1.81. The zero-order chi connectivity index (χ0) is 49.3. The highest BCUT2D eigenvalue weighted by molar-refractivity contribution is 7.22. The Kier molecular flexibility index (Phi) is 13.3. The molecule has 0 saturated carbocycles. The van der Waals surface area contributed by atoms with Crippen molar-refractivity contribution >= 4 is 78.7 Å². The molecule has 17 heteroatoms. The quantitative estimate of drug-likeness (QED) is 0.0761. The fraction of sp³-hybridized carbons (Fsp3) is 0.333. The van der Waals surface area contributed by atoms with Gasteiger partial charge in [0, 0.05) is 48.8 Å². The fourth-order valence-electron chi connectivity index (χ4n) is 10.4. The molecule has 7 aromatic rings. The van der Waals surface area contributed by atoms with E-state index in [1.165, 1.54) is 11.3 Å². The number of carbonyl (C=O) groups is 5. The van der Waals surface area contributed by atoms with Gasteiger partial charge in [-0.3, -0.25) is 39.4 Å². The van der Waals surface area contributed by atoms with E-state index in [4.69, 9.17) is 9.72 Å². The highest BCUT2D eigenvalue weighted by Crippen LogP contribution is 2.36. The van der Waals surface area contributed by atoms with Gasteiger partial charge in [0.05, 0.1) is 40.5 Å². The number of pyridine rings is 1. The molecule has 3 aromatic heterocycles.